The molecule has 1 aliphatic rings. The first-order chi connectivity index (χ1) is 3.93. The molecule has 2 nitrogen and oxygen atoms in total. The third-order valence-corrected chi connectivity index (χ3v) is 1.53. The highest BCUT2D eigenvalue weighted by Crippen LogP contribution is 1.98. The normalized spacial score (nSPS) is 30.2. The van der Waals surface area contributed by atoms with Gasteiger partial charge in [-0.3, -0.25) is 0 Å². The predicted molar refractivity (Wildman–Crippen MR) is 34.8 cm³/mol. The van der Waals surface area contributed by atoms with Gasteiger partial charge in [-0.1, -0.05) is 0 Å². The molecule has 0 spiro atoms. The molecule has 0 saturated carbocycles. The van der Waals surface area contributed by atoms with E-state index in [9.17, 15) is 0 Å². The smallest absolute Gasteiger partial charge is 0.178 e. The molecule has 1 saturated heterocycles. The topological polar surface area (TPSA) is 24.1 Å². The lowest BCUT2D eigenvalue weighted by Crippen LogP contribution is -2.41. The molecule has 1 heterocycles. The van der Waals surface area contributed by atoms with Crippen molar-refractivity contribution in [2.24, 2.45) is 0 Å². The summed E-state index contributed by atoms with van der Waals surface area (Å²) >= 11 is 0. The molecule has 0 unspecified atom stereocenters. The summed E-state index contributed by atoms with van der Waals surface area (Å²) in [5, 5.41) is 5.98. The first-order valence-electron chi connectivity index (χ1n) is 3.10. The van der Waals surface area contributed by atoms with Crippen LogP contribution >= 0.6 is 0 Å². The summed E-state index contributed by atoms with van der Waals surface area (Å²) in [5.41, 5.74) is 0. The largest absolute Gasteiger partial charge is 0.363 e. The van der Waals surface area contributed by atoms with Gasteiger partial charge in [-0.2, -0.15) is 0 Å². The zero-order valence-corrected chi connectivity index (χ0v) is 4.98. The molecule has 0 aromatic carbocycles. The number of piperidine rings is 1. The van der Waals surface area contributed by atoms with Crippen LogP contribution in [-0.4, -0.2) is 27.1 Å². The Morgan fingerprint density at radius 2 is 2.50 bits per heavy atom. The van der Waals surface area contributed by atoms with Crippen LogP contribution in [0.3, 0.4) is 0 Å². The molecule has 3 heteroatoms. The summed E-state index contributed by atoms with van der Waals surface area (Å²) in [4.78, 5) is 0. The standard InChI is InChI=1S/C5H11BN2/c6-8-5-2-1-3-7-4-5/h5,7-8H,1-4H2/t5-/m1/s1. The van der Waals surface area contributed by atoms with E-state index in [2.05, 4.69) is 10.5 Å². The van der Waals surface area contributed by atoms with Crippen molar-refractivity contribution >= 4 is 7.98 Å². The molecular formula is C5H11BN2. The van der Waals surface area contributed by atoms with Gasteiger partial charge in [-0.05, 0) is 19.4 Å². The van der Waals surface area contributed by atoms with E-state index >= 15 is 0 Å². The maximum Gasteiger partial charge on any atom is 0.178 e. The number of hydrogen-bond donors (Lipinski definition) is 2. The number of rotatable bonds is 1. The van der Waals surface area contributed by atoms with Crippen molar-refractivity contribution in [3.05, 3.63) is 0 Å². The Balaban J connectivity index is 2.13. The molecule has 1 fully saturated rings. The van der Waals surface area contributed by atoms with Gasteiger partial charge in [0.1, 0.15) is 0 Å². The fourth-order valence-corrected chi connectivity index (χ4v) is 0.994. The Bertz CT molecular complexity index is 61.4. The van der Waals surface area contributed by atoms with Gasteiger partial charge in [0.05, 0.1) is 0 Å². The van der Waals surface area contributed by atoms with Crippen LogP contribution < -0.4 is 10.5 Å². The molecule has 0 aromatic heterocycles. The maximum atomic E-state index is 5.21. The van der Waals surface area contributed by atoms with E-state index in [-0.39, 0.29) is 0 Å². The lowest BCUT2D eigenvalue weighted by molar-refractivity contribution is 0.438. The number of hydrogen-bond acceptors (Lipinski definition) is 2. The van der Waals surface area contributed by atoms with Crippen LogP contribution in [0.15, 0.2) is 0 Å². The monoisotopic (exact) mass is 110 g/mol. The molecule has 0 aliphatic carbocycles. The first kappa shape index (κ1) is 6.11. The van der Waals surface area contributed by atoms with Gasteiger partial charge < -0.3 is 10.5 Å². The second kappa shape index (κ2) is 3.10. The minimum Gasteiger partial charge on any atom is -0.363 e. The molecule has 1 aliphatic heterocycles. The Hall–Kier alpha value is -0.0151. The highest BCUT2D eigenvalue weighted by atomic mass is 14.9. The summed E-state index contributed by atoms with van der Waals surface area (Å²) in [6.45, 7) is 2.18. The SMILES string of the molecule is [B]N[C@@H]1CCCNC1. The molecule has 2 N–H and O–H groups in total. The van der Waals surface area contributed by atoms with Gasteiger partial charge in [-0.15, -0.1) is 0 Å². The van der Waals surface area contributed by atoms with Gasteiger partial charge in [0.15, 0.2) is 7.98 Å². The molecule has 1 atom stereocenters. The average molecular weight is 110 g/mol. The van der Waals surface area contributed by atoms with Crippen molar-refractivity contribution in [1.82, 2.24) is 10.5 Å². The van der Waals surface area contributed by atoms with Crippen molar-refractivity contribution in [1.29, 1.82) is 0 Å². The van der Waals surface area contributed by atoms with Crippen molar-refractivity contribution < 1.29 is 0 Å². The van der Waals surface area contributed by atoms with Gasteiger partial charge >= 0.3 is 0 Å². The highest BCUT2D eigenvalue weighted by Gasteiger charge is 2.08. The molecule has 0 bridgehead atoms. The summed E-state index contributed by atoms with van der Waals surface area (Å²) < 4.78 is 0. The average Bonchev–Trinajstić information content (AvgIpc) is 1.90. The Kier molecular flexibility index (Phi) is 2.37. The molecule has 0 aromatic rings. The Morgan fingerprint density at radius 1 is 1.62 bits per heavy atom. The van der Waals surface area contributed by atoms with Gasteiger partial charge in [0.2, 0.25) is 0 Å². The summed E-state index contributed by atoms with van der Waals surface area (Å²) in [6.07, 6.45) is 2.46. The maximum absolute atomic E-state index is 5.21. The van der Waals surface area contributed by atoms with Crippen LogP contribution in [0.4, 0.5) is 0 Å². The van der Waals surface area contributed by atoms with E-state index in [1.54, 1.807) is 0 Å². The predicted octanol–water partition coefficient (Wildman–Crippen LogP) is -0.589. The van der Waals surface area contributed by atoms with Gasteiger partial charge in [0, 0.05) is 12.6 Å². The molecule has 1 rings (SSSR count). The van der Waals surface area contributed by atoms with E-state index in [0.717, 1.165) is 13.1 Å². The molecule has 0 amide bonds. The third-order valence-electron chi connectivity index (χ3n) is 1.53. The minimum atomic E-state index is 0.503. The lowest BCUT2D eigenvalue weighted by atomic mass is 10.1. The zero-order valence-electron chi connectivity index (χ0n) is 4.98. The van der Waals surface area contributed by atoms with Crippen LogP contribution in [0.2, 0.25) is 0 Å². The zero-order chi connectivity index (χ0) is 5.82. The van der Waals surface area contributed by atoms with Crippen molar-refractivity contribution in [3.63, 3.8) is 0 Å². The molecular weight excluding hydrogens is 98.9 g/mol. The second-order valence-electron chi connectivity index (χ2n) is 2.21. The quantitative estimate of drug-likeness (QED) is 0.441. The van der Waals surface area contributed by atoms with E-state index in [0.29, 0.717) is 6.04 Å². The van der Waals surface area contributed by atoms with Crippen LogP contribution in [0.25, 0.3) is 0 Å². The fraction of sp³-hybridized carbons (Fsp3) is 1.00. The van der Waals surface area contributed by atoms with E-state index < -0.39 is 0 Å². The summed E-state index contributed by atoms with van der Waals surface area (Å²) in [5.74, 6) is 0. The summed E-state index contributed by atoms with van der Waals surface area (Å²) in [6, 6.07) is 0.503. The van der Waals surface area contributed by atoms with Crippen LogP contribution in [-0.2, 0) is 0 Å². The van der Waals surface area contributed by atoms with Crippen molar-refractivity contribution in [2.75, 3.05) is 13.1 Å². The third kappa shape index (κ3) is 1.49. The van der Waals surface area contributed by atoms with Crippen molar-refractivity contribution in [3.8, 4) is 0 Å². The lowest BCUT2D eigenvalue weighted by Gasteiger charge is -2.21. The fourth-order valence-electron chi connectivity index (χ4n) is 0.994. The van der Waals surface area contributed by atoms with Gasteiger partial charge in [-0.25, -0.2) is 0 Å². The Morgan fingerprint density at radius 3 is 2.88 bits per heavy atom. The van der Waals surface area contributed by atoms with Crippen molar-refractivity contribution in [2.45, 2.75) is 18.9 Å². The minimum absolute atomic E-state index is 0.503. The molecule has 2 radical (unpaired) electrons. The van der Waals surface area contributed by atoms with E-state index in [1.807, 2.05) is 0 Å². The van der Waals surface area contributed by atoms with E-state index in [4.69, 9.17) is 7.98 Å². The number of nitrogens with one attached hydrogen (secondary N) is 2. The molecule has 8 heavy (non-hydrogen) atoms. The van der Waals surface area contributed by atoms with Crippen LogP contribution in [0, 0.1) is 0 Å². The first-order valence-corrected chi connectivity index (χ1v) is 3.10. The Labute approximate surface area is 51.5 Å². The highest BCUT2D eigenvalue weighted by molar-refractivity contribution is 6.04. The molecule has 44 valence electrons. The van der Waals surface area contributed by atoms with Gasteiger partial charge in [0.25, 0.3) is 0 Å². The van der Waals surface area contributed by atoms with E-state index in [1.165, 1.54) is 12.8 Å². The van der Waals surface area contributed by atoms with Crippen LogP contribution in [0.1, 0.15) is 12.8 Å². The second-order valence-corrected chi connectivity index (χ2v) is 2.21. The summed E-state index contributed by atoms with van der Waals surface area (Å²) in [7, 11) is 5.21. The van der Waals surface area contributed by atoms with Crippen LogP contribution in [0.5, 0.6) is 0 Å².